The van der Waals surface area contributed by atoms with Gasteiger partial charge in [0.2, 0.25) is 5.89 Å². The molecular weight excluding hydrogens is 312 g/mol. The van der Waals surface area contributed by atoms with E-state index in [0.717, 1.165) is 28.3 Å². The summed E-state index contributed by atoms with van der Waals surface area (Å²) in [4.78, 5) is 18.1. The third-order valence-electron chi connectivity index (χ3n) is 3.64. The van der Waals surface area contributed by atoms with E-state index in [1.165, 1.54) is 11.3 Å². The van der Waals surface area contributed by atoms with Gasteiger partial charge in [0.15, 0.2) is 0 Å². The predicted octanol–water partition coefficient (Wildman–Crippen LogP) is 3.63. The fraction of sp³-hybridized carbons (Fsp3) is 0.250. The van der Waals surface area contributed by atoms with Crippen molar-refractivity contribution >= 4 is 22.9 Å². The lowest BCUT2D eigenvalue weighted by atomic mass is 10.3. The van der Waals surface area contributed by atoms with Crippen LogP contribution in [0, 0.1) is 6.92 Å². The molecule has 0 unspecified atom stereocenters. The van der Waals surface area contributed by atoms with Gasteiger partial charge in [0, 0.05) is 17.0 Å². The monoisotopic (exact) mass is 326 g/mol. The summed E-state index contributed by atoms with van der Waals surface area (Å²) in [5.41, 5.74) is 1.13. The fourth-order valence-corrected chi connectivity index (χ4v) is 3.12. The van der Waals surface area contributed by atoms with Crippen LogP contribution in [0.2, 0.25) is 0 Å². The number of anilines is 1. The van der Waals surface area contributed by atoms with Gasteiger partial charge in [-0.2, -0.15) is 0 Å². The zero-order valence-corrected chi connectivity index (χ0v) is 13.3. The Kier molecular flexibility index (Phi) is 3.42. The molecule has 0 aromatic carbocycles. The fourth-order valence-electron chi connectivity index (χ4n) is 2.22. The first kappa shape index (κ1) is 14.1. The van der Waals surface area contributed by atoms with Crippen LogP contribution in [0.25, 0.3) is 10.8 Å². The van der Waals surface area contributed by atoms with Crippen LogP contribution < -0.4 is 5.32 Å². The normalized spacial score (nSPS) is 14.0. The number of amides is 1. The highest BCUT2D eigenvalue weighted by Gasteiger charge is 2.29. The number of thiophene rings is 1. The molecule has 3 heterocycles. The highest BCUT2D eigenvalue weighted by molar-refractivity contribution is 7.15. The van der Waals surface area contributed by atoms with Gasteiger partial charge in [-0.1, -0.05) is 6.07 Å². The number of nitrogens with one attached hydrogen (secondary N) is 1. The molecule has 7 heteroatoms. The summed E-state index contributed by atoms with van der Waals surface area (Å²) in [6.07, 6.45) is 3.84. The van der Waals surface area contributed by atoms with E-state index in [2.05, 4.69) is 20.5 Å². The molecule has 1 fully saturated rings. The number of hydrogen-bond acceptors (Lipinski definition) is 6. The molecular formula is C16H14N4O2S. The van der Waals surface area contributed by atoms with Gasteiger partial charge in [0.05, 0.1) is 10.6 Å². The first-order chi connectivity index (χ1) is 11.2. The van der Waals surface area contributed by atoms with Crippen LogP contribution in [0.4, 0.5) is 5.69 Å². The molecule has 116 valence electrons. The quantitative estimate of drug-likeness (QED) is 0.792. The Hall–Kier alpha value is -2.54. The molecule has 0 bridgehead atoms. The highest BCUT2D eigenvalue weighted by Crippen LogP contribution is 2.41. The number of aromatic nitrogens is 3. The van der Waals surface area contributed by atoms with Gasteiger partial charge in [-0.25, -0.2) is 0 Å². The third-order valence-corrected chi connectivity index (χ3v) is 4.68. The summed E-state index contributed by atoms with van der Waals surface area (Å²) in [5.74, 6) is 1.42. The lowest BCUT2D eigenvalue weighted by Gasteiger charge is -2.02. The Bertz CT molecular complexity index is 852. The molecule has 1 aliphatic carbocycles. The second-order valence-electron chi connectivity index (χ2n) is 5.47. The number of hydrogen-bond donors (Lipinski definition) is 1. The molecule has 1 aliphatic rings. The molecule has 0 saturated heterocycles. The average Bonchev–Trinajstić information content (AvgIpc) is 3.19. The van der Waals surface area contributed by atoms with Crippen molar-refractivity contribution in [3.63, 3.8) is 0 Å². The van der Waals surface area contributed by atoms with Crippen LogP contribution in [0.1, 0.15) is 40.0 Å². The summed E-state index contributed by atoms with van der Waals surface area (Å²) in [5, 5.41) is 11.1. The molecule has 0 aliphatic heterocycles. The lowest BCUT2D eigenvalue weighted by Crippen LogP contribution is -2.13. The minimum Gasteiger partial charge on any atom is -0.420 e. The van der Waals surface area contributed by atoms with Gasteiger partial charge in [-0.05, 0) is 38.0 Å². The average molecular weight is 326 g/mol. The van der Waals surface area contributed by atoms with Crippen molar-refractivity contribution in [2.75, 3.05) is 5.32 Å². The van der Waals surface area contributed by atoms with E-state index < -0.39 is 0 Å². The maximum absolute atomic E-state index is 12.2. The van der Waals surface area contributed by atoms with Crippen LogP contribution in [-0.2, 0) is 0 Å². The Balaban J connectivity index is 1.55. The van der Waals surface area contributed by atoms with Crippen molar-refractivity contribution < 1.29 is 9.21 Å². The molecule has 1 amide bonds. The Labute approximate surface area is 136 Å². The second kappa shape index (κ2) is 5.58. The maximum atomic E-state index is 12.2. The van der Waals surface area contributed by atoms with Crippen molar-refractivity contribution in [3.05, 3.63) is 46.9 Å². The van der Waals surface area contributed by atoms with E-state index >= 15 is 0 Å². The van der Waals surface area contributed by atoms with Crippen molar-refractivity contribution in [1.82, 2.24) is 15.2 Å². The topological polar surface area (TPSA) is 80.9 Å². The summed E-state index contributed by atoms with van der Waals surface area (Å²) < 4.78 is 5.71. The van der Waals surface area contributed by atoms with Gasteiger partial charge < -0.3 is 9.73 Å². The molecule has 0 atom stereocenters. The number of nitrogens with zero attached hydrogens (tertiary/aromatic N) is 3. The van der Waals surface area contributed by atoms with Gasteiger partial charge in [-0.3, -0.25) is 9.78 Å². The van der Waals surface area contributed by atoms with E-state index in [1.807, 2.05) is 13.0 Å². The van der Waals surface area contributed by atoms with Crippen molar-refractivity contribution in [2.45, 2.75) is 25.7 Å². The van der Waals surface area contributed by atoms with Gasteiger partial charge in [-0.15, -0.1) is 21.5 Å². The van der Waals surface area contributed by atoms with Crippen molar-refractivity contribution in [1.29, 1.82) is 0 Å². The molecule has 4 rings (SSSR count). The van der Waals surface area contributed by atoms with E-state index in [1.54, 1.807) is 24.4 Å². The highest BCUT2D eigenvalue weighted by atomic mass is 32.1. The molecule has 23 heavy (non-hydrogen) atoms. The molecule has 0 spiro atoms. The summed E-state index contributed by atoms with van der Waals surface area (Å²) in [6.45, 7) is 1.94. The number of aryl methyl sites for hydroxylation is 1. The zero-order valence-electron chi connectivity index (χ0n) is 12.4. The third kappa shape index (κ3) is 2.87. The van der Waals surface area contributed by atoms with Crippen molar-refractivity contribution in [2.24, 2.45) is 0 Å². The summed E-state index contributed by atoms with van der Waals surface area (Å²) in [7, 11) is 0. The van der Waals surface area contributed by atoms with E-state index in [4.69, 9.17) is 4.42 Å². The molecule has 6 nitrogen and oxygen atoms in total. The van der Waals surface area contributed by atoms with Gasteiger partial charge in [0.1, 0.15) is 5.69 Å². The van der Waals surface area contributed by atoms with Crippen molar-refractivity contribution in [3.8, 4) is 10.8 Å². The number of rotatable bonds is 4. The number of carbonyl (C=O) groups excluding carboxylic acids is 1. The van der Waals surface area contributed by atoms with E-state index in [9.17, 15) is 4.79 Å². The van der Waals surface area contributed by atoms with Crippen LogP contribution in [0.3, 0.4) is 0 Å². The van der Waals surface area contributed by atoms with Gasteiger partial charge >= 0.3 is 0 Å². The Morgan fingerprint density at radius 2 is 2.22 bits per heavy atom. The second-order valence-corrected chi connectivity index (χ2v) is 6.73. The smallest absolute Gasteiger partial charge is 0.274 e. The molecule has 1 N–H and O–H groups in total. The largest absolute Gasteiger partial charge is 0.420 e. The summed E-state index contributed by atoms with van der Waals surface area (Å²) in [6, 6.07) is 7.10. The lowest BCUT2D eigenvalue weighted by molar-refractivity contribution is 0.102. The summed E-state index contributed by atoms with van der Waals surface area (Å²) >= 11 is 1.52. The first-order valence-electron chi connectivity index (χ1n) is 7.37. The van der Waals surface area contributed by atoms with Crippen LogP contribution in [0.5, 0.6) is 0 Å². The van der Waals surface area contributed by atoms with Crippen LogP contribution in [-0.4, -0.2) is 21.1 Å². The van der Waals surface area contributed by atoms with Crippen LogP contribution in [0.15, 0.2) is 34.9 Å². The minimum absolute atomic E-state index is 0.234. The Morgan fingerprint density at radius 1 is 1.35 bits per heavy atom. The zero-order chi connectivity index (χ0) is 15.8. The van der Waals surface area contributed by atoms with Crippen LogP contribution >= 0.6 is 11.3 Å². The first-order valence-corrected chi connectivity index (χ1v) is 8.19. The molecule has 3 aromatic heterocycles. The maximum Gasteiger partial charge on any atom is 0.274 e. The predicted molar refractivity (Wildman–Crippen MR) is 86.5 cm³/mol. The standard InChI is InChI=1S/C16H14N4O2S/c1-9-12(18-14(21)11-4-2-3-7-17-11)8-13(23-9)16-20-19-15(22-16)10-5-6-10/h2-4,7-8,10H,5-6H2,1H3,(H,18,21). The molecule has 1 saturated carbocycles. The Morgan fingerprint density at radius 3 is 2.96 bits per heavy atom. The number of pyridine rings is 1. The van der Waals surface area contributed by atoms with E-state index in [-0.39, 0.29) is 5.91 Å². The van der Waals surface area contributed by atoms with Gasteiger partial charge in [0.25, 0.3) is 11.8 Å². The minimum atomic E-state index is -0.234. The molecule has 3 aromatic rings. The number of carbonyl (C=O) groups is 1. The van der Waals surface area contributed by atoms with E-state index in [0.29, 0.717) is 23.4 Å². The molecule has 0 radical (unpaired) electrons. The SMILES string of the molecule is Cc1sc(-c2nnc(C3CC3)o2)cc1NC(=O)c1ccccn1.